The summed E-state index contributed by atoms with van der Waals surface area (Å²) in [5.41, 5.74) is 0. The molecule has 58 valence electrons. The van der Waals surface area contributed by atoms with E-state index < -0.39 is 11.8 Å². The Labute approximate surface area is 74.9 Å². The van der Waals surface area contributed by atoms with Crippen LogP contribution >= 0.6 is 31.9 Å². The molecule has 0 fully saturated rings. The highest BCUT2D eigenvalue weighted by atomic mass is 79.9. The van der Waals surface area contributed by atoms with E-state index in [1.54, 1.807) is 0 Å². The van der Waals surface area contributed by atoms with Gasteiger partial charge in [-0.1, -0.05) is 38.8 Å². The molecule has 0 bridgehead atoms. The quantitative estimate of drug-likeness (QED) is 0.633. The molecule has 0 amide bonds. The van der Waals surface area contributed by atoms with E-state index in [-0.39, 0.29) is 6.42 Å². The molecule has 4 heteroatoms. The molecule has 0 aliphatic heterocycles. The molecule has 0 aromatic heterocycles. The SMILES string of the molecule is CC1C(Br)=C(Br)CC1(F)F. The maximum atomic E-state index is 12.7. The van der Waals surface area contributed by atoms with Crippen LogP contribution in [0.2, 0.25) is 0 Å². The third-order valence-corrected chi connectivity index (χ3v) is 4.07. The Bertz CT molecular complexity index is 186. The summed E-state index contributed by atoms with van der Waals surface area (Å²) in [6, 6.07) is 0. The van der Waals surface area contributed by atoms with Crippen LogP contribution in [0.3, 0.4) is 0 Å². The van der Waals surface area contributed by atoms with Crippen LogP contribution in [0.25, 0.3) is 0 Å². The minimum atomic E-state index is -2.57. The molecule has 0 aromatic rings. The van der Waals surface area contributed by atoms with Gasteiger partial charge in [0.25, 0.3) is 5.92 Å². The zero-order chi connectivity index (χ0) is 7.94. The second kappa shape index (κ2) is 2.55. The summed E-state index contributed by atoms with van der Waals surface area (Å²) in [5, 5.41) is 0. The van der Waals surface area contributed by atoms with Gasteiger partial charge in [0.15, 0.2) is 0 Å². The van der Waals surface area contributed by atoms with Crippen molar-refractivity contribution in [2.45, 2.75) is 19.3 Å². The van der Waals surface area contributed by atoms with Gasteiger partial charge in [-0.05, 0) is 0 Å². The van der Waals surface area contributed by atoms with E-state index in [0.29, 0.717) is 8.96 Å². The van der Waals surface area contributed by atoms with E-state index in [1.807, 2.05) is 0 Å². The van der Waals surface area contributed by atoms with Crippen LogP contribution in [0.1, 0.15) is 13.3 Å². The van der Waals surface area contributed by atoms with Gasteiger partial charge >= 0.3 is 0 Å². The van der Waals surface area contributed by atoms with Gasteiger partial charge in [-0.3, -0.25) is 0 Å². The highest BCUT2D eigenvalue weighted by Crippen LogP contribution is 2.48. The van der Waals surface area contributed by atoms with Gasteiger partial charge in [0.2, 0.25) is 0 Å². The molecule has 0 spiro atoms. The van der Waals surface area contributed by atoms with Gasteiger partial charge < -0.3 is 0 Å². The Morgan fingerprint density at radius 2 is 2.00 bits per heavy atom. The first-order valence-electron chi connectivity index (χ1n) is 2.87. The molecule has 0 nitrogen and oxygen atoms in total. The average Bonchev–Trinajstić information content (AvgIpc) is 1.95. The highest BCUT2D eigenvalue weighted by molar-refractivity contribution is 9.14. The Hall–Kier alpha value is 0.560. The Morgan fingerprint density at radius 3 is 2.10 bits per heavy atom. The standard InChI is InChI=1S/C6H6Br2F2/c1-3-5(8)4(7)2-6(3,9)10/h3H,2H2,1H3. The average molecular weight is 276 g/mol. The van der Waals surface area contributed by atoms with E-state index in [4.69, 9.17) is 0 Å². The number of rotatable bonds is 0. The summed E-state index contributed by atoms with van der Waals surface area (Å²) in [4.78, 5) is 0. The lowest BCUT2D eigenvalue weighted by molar-refractivity contribution is -0.0225. The molecule has 1 unspecified atom stereocenters. The molecule has 0 saturated heterocycles. The van der Waals surface area contributed by atoms with Crippen molar-refractivity contribution in [2.75, 3.05) is 0 Å². The molecule has 1 aliphatic rings. The van der Waals surface area contributed by atoms with Crippen molar-refractivity contribution in [3.63, 3.8) is 0 Å². The lowest BCUT2D eigenvalue weighted by Crippen LogP contribution is -2.20. The van der Waals surface area contributed by atoms with E-state index in [9.17, 15) is 8.78 Å². The molecule has 1 aliphatic carbocycles. The Kier molecular flexibility index (Phi) is 2.21. The molecule has 0 heterocycles. The van der Waals surface area contributed by atoms with Crippen LogP contribution in [-0.2, 0) is 0 Å². The topological polar surface area (TPSA) is 0 Å². The van der Waals surface area contributed by atoms with Crippen LogP contribution < -0.4 is 0 Å². The summed E-state index contributed by atoms with van der Waals surface area (Å²) in [6.07, 6.45) is -0.172. The van der Waals surface area contributed by atoms with Crippen molar-refractivity contribution in [3.05, 3.63) is 8.96 Å². The molecule has 10 heavy (non-hydrogen) atoms. The van der Waals surface area contributed by atoms with Crippen molar-refractivity contribution in [1.29, 1.82) is 0 Å². The van der Waals surface area contributed by atoms with Crippen LogP contribution in [0.4, 0.5) is 8.78 Å². The summed E-state index contributed by atoms with van der Waals surface area (Å²) in [5.74, 6) is -3.25. The minimum absolute atomic E-state index is 0.172. The number of halogens is 4. The normalized spacial score (nSPS) is 31.5. The Morgan fingerprint density at radius 1 is 1.50 bits per heavy atom. The number of hydrogen-bond acceptors (Lipinski definition) is 0. The highest BCUT2D eigenvalue weighted by Gasteiger charge is 2.44. The van der Waals surface area contributed by atoms with E-state index in [1.165, 1.54) is 6.92 Å². The molecule has 0 aromatic carbocycles. The number of allylic oxidation sites excluding steroid dienone is 2. The van der Waals surface area contributed by atoms with Crippen molar-refractivity contribution >= 4 is 31.9 Å². The fourth-order valence-corrected chi connectivity index (χ4v) is 2.06. The van der Waals surface area contributed by atoms with Gasteiger partial charge in [0.05, 0.1) is 5.92 Å². The van der Waals surface area contributed by atoms with Gasteiger partial charge in [-0.2, -0.15) is 0 Å². The smallest absolute Gasteiger partial charge is 0.206 e. The van der Waals surface area contributed by atoms with Crippen LogP contribution in [0.5, 0.6) is 0 Å². The second-order valence-corrected chi connectivity index (χ2v) is 4.22. The maximum Gasteiger partial charge on any atom is 0.259 e. The molecule has 1 rings (SSSR count). The summed E-state index contributed by atoms with van der Waals surface area (Å²) in [7, 11) is 0. The summed E-state index contributed by atoms with van der Waals surface area (Å²) < 4.78 is 26.7. The van der Waals surface area contributed by atoms with Crippen LogP contribution in [0.15, 0.2) is 8.96 Å². The molecular formula is C6H6Br2F2. The molecule has 1 atom stereocenters. The fraction of sp³-hybridized carbons (Fsp3) is 0.667. The number of alkyl halides is 2. The summed E-state index contributed by atoms with van der Waals surface area (Å²) >= 11 is 6.17. The van der Waals surface area contributed by atoms with Crippen LogP contribution in [0, 0.1) is 5.92 Å². The van der Waals surface area contributed by atoms with Crippen molar-refractivity contribution in [3.8, 4) is 0 Å². The van der Waals surface area contributed by atoms with Crippen LogP contribution in [-0.4, -0.2) is 5.92 Å². The minimum Gasteiger partial charge on any atom is -0.206 e. The molecule has 0 saturated carbocycles. The van der Waals surface area contributed by atoms with Gasteiger partial charge in [-0.15, -0.1) is 0 Å². The van der Waals surface area contributed by atoms with E-state index in [0.717, 1.165) is 0 Å². The first-order valence-corrected chi connectivity index (χ1v) is 4.45. The Balaban J connectivity index is 2.87. The molecule has 0 radical (unpaired) electrons. The van der Waals surface area contributed by atoms with Crippen molar-refractivity contribution in [1.82, 2.24) is 0 Å². The molecular weight excluding hydrogens is 270 g/mol. The largest absolute Gasteiger partial charge is 0.259 e. The molecule has 0 N–H and O–H groups in total. The maximum absolute atomic E-state index is 12.7. The van der Waals surface area contributed by atoms with Gasteiger partial charge in [0.1, 0.15) is 0 Å². The zero-order valence-electron chi connectivity index (χ0n) is 5.30. The third kappa shape index (κ3) is 1.28. The first kappa shape index (κ1) is 8.65. The fourth-order valence-electron chi connectivity index (χ4n) is 0.865. The lowest BCUT2D eigenvalue weighted by Gasteiger charge is -2.14. The van der Waals surface area contributed by atoms with Gasteiger partial charge in [0, 0.05) is 15.4 Å². The van der Waals surface area contributed by atoms with Crippen molar-refractivity contribution in [2.24, 2.45) is 5.92 Å². The predicted octanol–water partition coefficient (Wildman–Crippen LogP) is 3.66. The van der Waals surface area contributed by atoms with Crippen molar-refractivity contribution < 1.29 is 8.78 Å². The second-order valence-electron chi connectivity index (χ2n) is 2.41. The van der Waals surface area contributed by atoms with E-state index in [2.05, 4.69) is 31.9 Å². The summed E-state index contributed by atoms with van der Waals surface area (Å²) in [6.45, 7) is 1.51. The lowest BCUT2D eigenvalue weighted by atomic mass is 10.1. The first-order chi connectivity index (χ1) is 4.45. The predicted molar refractivity (Wildman–Crippen MR) is 43.6 cm³/mol. The third-order valence-electron chi connectivity index (χ3n) is 1.66. The number of hydrogen-bond donors (Lipinski definition) is 0. The monoisotopic (exact) mass is 274 g/mol. The zero-order valence-corrected chi connectivity index (χ0v) is 8.47. The van der Waals surface area contributed by atoms with E-state index >= 15 is 0 Å². The van der Waals surface area contributed by atoms with Gasteiger partial charge in [-0.25, -0.2) is 8.78 Å².